The summed E-state index contributed by atoms with van der Waals surface area (Å²) in [6.45, 7) is 6.19. The molecular formula is C13H20N2O. The van der Waals surface area contributed by atoms with Crippen LogP contribution in [0.5, 0.6) is 0 Å². The first-order valence-corrected chi connectivity index (χ1v) is 6.00. The van der Waals surface area contributed by atoms with Crippen LogP contribution in [0, 0.1) is 5.92 Å². The number of hydrogen-bond acceptors (Lipinski definition) is 2. The zero-order chi connectivity index (χ0) is 11.7. The van der Waals surface area contributed by atoms with Gasteiger partial charge in [-0.3, -0.25) is 4.79 Å². The van der Waals surface area contributed by atoms with Crippen molar-refractivity contribution >= 4 is 5.91 Å². The van der Waals surface area contributed by atoms with Crippen LogP contribution in [0.2, 0.25) is 0 Å². The van der Waals surface area contributed by atoms with Gasteiger partial charge < -0.3 is 9.80 Å². The van der Waals surface area contributed by atoms with Crippen molar-refractivity contribution in [1.29, 1.82) is 0 Å². The minimum absolute atomic E-state index is 0.0946. The summed E-state index contributed by atoms with van der Waals surface area (Å²) in [4.78, 5) is 16.0. The highest BCUT2D eigenvalue weighted by molar-refractivity contribution is 5.85. The average Bonchev–Trinajstić information content (AvgIpc) is 2.14. The third-order valence-electron chi connectivity index (χ3n) is 3.35. The Morgan fingerprint density at radius 2 is 2.12 bits per heavy atom. The molecule has 3 heteroatoms. The molecule has 0 aliphatic carbocycles. The molecule has 16 heavy (non-hydrogen) atoms. The molecule has 0 saturated carbocycles. The number of carbonyl (C=O) groups excluding carboxylic acids is 1. The molecule has 1 atom stereocenters. The van der Waals surface area contributed by atoms with Crippen molar-refractivity contribution in [1.82, 2.24) is 9.80 Å². The summed E-state index contributed by atoms with van der Waals surface area (Å²) >= 11 is 0. The molecule has 2 heterocycles. The van der Waals surface area contributed by atoms with Crippen LogP contribution >= 0.6 is 0 Å². The molecule has 0 N–H and O–H groups in total. The predicted molar refractivity (Wildman–Crippen MR) is 64.8 cm³/mol. The first-order valence-electron chi connectivity index (χ1n) is 6.00. The van der Waals surface area contributed by atoms with Crippen LogP contribution in [-0.4, -0.2) is 41.9 Å². The van der Waals surface area contributed by atoms with E-state index in [0.717, 1.165) is 19.5 Å². The van der Waals surface area contributed by atoms with Crippen LogP contribution in [0.3, 0.4) is 0 Å². The van der Waals surface area contributed by atoms with Gasteiger partial charge >= 0.3 is 0 Å². The van der Waals surface area contributed by atoms with Gasteiger partial charge in [-0.15, -0.1) is 0 Å². The summed E-state index contributed by atoms with van der Waals surface area (Å²) in [6, 6.07) is -0.0946. The Labute approximate surface area is 97.4 Å². The Morgan fingerprint density at radius 3 is 2.56 bits per heavy atom. The average molecular weight is 220 g/mol. The second-order valence-corrected chi connectivity index (χ2v) is 4.93. The molecule has 0 bridgehead atoms. The Bertz CT molecular complexity index is 340. The normalized spacial score (nSPS) is 24.5. The lowest BCUT2D eigenvalue weighted by atomic mass is 9.99. The quantitative estimate of drug-likeness (QED) is 0.706. The van der Waals surface area contributed by atoms with Crippen molar-refractivity contribution < 1.29 is 4.79 Å². The molecule has 3 nitrogen and oxygen atoms in total. The van der Waals surface area contributed by atoms with Crippen LogP contribution in [-0.2, 0) is 4.79 Å². The predicted octanol–water partition coefficient (Wildman–Crippen LogP) is 1.63. The van der Waals surface area contributed by atoms with E-state index in [9.17, 15) is 4.79 Å². The summed E-state index contributed by atoms with van der Waals surface area (Å²) < 4.78 is 0. The highest BCUT2D eigenvalue weighted by Crippen LogP contribution is 2.21. The first kappa shape index (κ1) is 11.2. The van der Waals surface area contributed by atoms with E-state index in [1.807, 2.05) is 22.9 Å². The van der Waals surface area contributed by atoms with E-state index < -0.39 is 0 Å². The van der Waals surface area contributed by atoms with E-state index in [2.05, 4.69) is 26.1 Å². The maximum Gasteiger partial charge on any atom is 0.249 e. The molecule has 0 aromatic rings. The molecule has 1 saturated heterocycles. The molecular weight excluding hydrogens is 200 g/mol. The van der Waals surface area contributed by atoms with Crippen molar-refractivity contribution in [2.45, 2.75) is 26.3 Å². The number of amides is 1. The maximum absolute atomic E-state index is 12.1. The van der Waals surface area contributed by atoms with Gasteiger partial charge in [0.05, 0.1) is 0 Å². The lowest BCUT2D eigenvalue weighted by Crippen LogP contribution is -2.51. The van der Waals surface area contributed by atoms with Crippen LogP contribution in [0.1, 0.15) is 20.3 Å². The number of rotatable bonds is 2. The summed E-state index contributed by atoms with van der Waals surface area (Å²) in [5, 5.41) is 0. The molecule has 2 aliphatic heterocycles. The van der Waals surface area contributed by atoms with Crippen molar-refractivity contribution in [2.24, 2.45) is 5.92 Å². The third kappa shape index (κ3) is 1.99. The standard InChI is InChI=1S/C13H20N2O/c1-10(2)11-5-6-12(14(3)9-11)13(16)15-7-4-8-15/h5-6,9-10,12H,4,7-8H2,1-3H3. The van der Waals surface area contributed by atoms with Crippen molar-refractivity contribution in [3.05, 3.63) is 23.9 Å². The topological polar surface area (TPSA) is 23.6 Å². The number of likely N-dealkylation sites (N-methyl/N-ethyl adjacent to an activating group) is 1. The zero-order valence-electron chi connectivity index (χ0n) is 10.3. The monoisotopic (exact) mass is 220 g/mol. The Balaban J connectivity index is 2.04. The van der Waals surface area contributed by atoms with Gasteiger partial charge in [-0.2, -0.15) is 0 Å². The molecule has 1 unspecified atom stereocenters. The number of likely N-dealkylation sites (tertiary alicyclic amines) is 1. The fourth-order valence-electron chi connectivity index (χ4n) is 2.02. The minimum atomic E-state index is -0.0946. The summed E-state index contributed by atoms with van der Waals surface area (Å²) in [7, 11) is 1.98. The molecule has 1 fully saturated rings. The van der Waals surface area contributed by atoms with Crippen molar-refractivity contribution in [3.8, 4) is 0 Å². The van der Waals surface area contributed by atoms with E-state index in [4.69, 9.17) is 0 Å². The van der Waals surface area contributed by atoms with Crippen LogP contribution in [0.25, 0.3) is 0 Å². The van der Waals surface area contributed by atoms with Crippen LogP contribution < -0.4 is 0 Å². The summed E-state index contributed by atoms with van der Waals surface area (Å²) in [5.41, 5.74) is 1.29. The summed E-state index contributed by atoms with van der Waals surface area (Å²) in [6.07, 6.45) is 7.36. The number of hydrogen-bond donors (Lipinski definition) is 0. The first-order chi connectivity index (χ1) is 7.59. The third-order valence-corrected chi connectivity index (χ3v) is 3.35. The largest absolute Gasteiger partial charge is 0.365 e. The van der Waals surface area contributed by atoms with E-state index in [1.165, 1.54) is 5.57 Å². The highest BCUT2D eigenvalue weighted by atomic mass is 16.2. The van der Waals surface area contributed by atoms with Crippen molar-refractivity contribution in [2.75, 3.05) is 20.1 Å². The molecule has 0 aromatic carbocycles. The van der Waals surface area contributed by atoms with E-state index in [-0.39, 0.29) is 11.9 Å². The van der Waals surface area contributed by atoms with E-state index in [0.29, 0.717) is 5.92 Å². The lowest BCUT2D eigenvalue weighted by Gasteiger charge is -2.37. The Kier molecular flexibility index (Phi) is 3.03. The molecule has 2 rings (SSSR count). The Morgan fingerprint density at radius 1 is 1.44 bits per heavy atom. The smallest absolute Gasteiger partial charge is 0.249 e. The van der Waals surface area contributed by atoms with Gasteiger partial charge in [0.25, 0.3) is 0 Å². The second-order valence-electron chi connectivity index (χ2n) is 4.93. The minimum Gasteiger partial charge on any atom is -0.365 e. The second kappa shape index (κ2) is 4.32. The number of allylic oxidation sites excluding steroid dienone is 2. The van der Waals surface area contributed by atoms with Gasteiger partial charge in [-0.25, -0.2) is 0 Å². The summed E-state index contributed by atoms with van der Waals surface area (Å²) in [5.74, 6) is 0.753. The number of nitrogens with zero attached hydrogens (tertiary/aromatic N) is 2. The lowest BCUT2D eigenvalue weighted by molar-refractivity contribution is -0.137. The maximum atomic E-state index is 12.1. The fourth-order valence-corrected chi connectivity index (χ4v) is 2.02. The van der Waals surface area contributed by atoms with Gasteiger partial charge in [0.2, 0.25) is 5.91 Å². The van der Waals surface area contributed by atoms with Gasteiger partial charge in [0.1, 0.15) is 6.04 Å². The van der Waals surface area contributed by atoms with Gasteiger partial charge in [-0.05, 0) is 17.9 Å². The molecule has 0 radical (unpaired) electrons. The SMILES string of the molecule is CC(C)C1=CN(C)C(C(=O)N2CCC2)C=C1. The zero-order valence-corrected chi connectivity index (χ0v) is 10.3. The molecule has 0 aromatic heterocycles. The van der Waals surface area contributed by atoms with Crippen molar-refractivity contribution in [3.63, 3.8) is 0 Å². The van der Waals surface area contributed by atoms with Gasteiger partial charge in [0, 0.05) is 26.3 Å². The van der Waals surface area contributed by atoms with Crippen LogP contribution in [0.15, 0.2) is 23.9 Å². The molecule has 2 aliphatic rings. The molecule has 88 valence electrons. The number of carbonyl (C=O) groups is 1. The van der Waals surface area contributed by atoms with E-state index >= 15 is 0 Å². The van der Waals surface area contributed by atoms with Gasteiger partial charge in [0.15, 0.2) is 0 Å². The Hall–Kier alpha value is -1.25. The van der Waals surface area contributed by atoms with Gasteiger partial charge in [-0.1, -0.05) is 26.0 Å². The highest BCUT2D eigenvalue weighted by Gasteiger charge is 2.29. The fraction of sp³-hybridized carbons (Fsp3) is 0.615. The molecule has 1 amide bonds. The molecule has 0 spiro atoms. The van der Waals surface area contributed by atoms with Crippen LogP contribution in [0.4, 0.5) is 0 Å². The van der Waals surface area contributed by atoms with E-state index in [1.54, 1.807) is 0 Å².